The molecule has 1 saturated heterocycles. The number of carbonyl (C=O) groups is 2. The molecule has 3 rings (SSSR count). The molecule has 1 heterocycles. The van der Waals surface area contributed by atoms with Gasteiger partial charge in [0.2, 0.25) is 0 Å². The van der Waals surface area contributed by atoms with E-state index in [9.17, 15) is 14.7 Å². The van der Waals surface area contributed by atoms with E-state index in [2.05, 4.69) is 5.32 Å². The van der Waals surface area contributed by atoms with Crippen LogP contribution in [0.4, 0.5) is 0 Å². The molecule has 1 fully saturated rings. The molecule has 2 unspecified atom stereocenters. The van der Waals surface area contributed by atoms with E-state index >= 15 is 0 Å². The quantitative estimate of drug-likeness (QED) is 0.834. The monoisotopic (exact) mass is 353 g/mol. The molecule has 0 spiro atoms. The molecular weight excluding hydrogens is 330 g/mol. The van der Waals surface area contributed by atoms with Crippen LogP contribution in [0.15, 0.2) is 48.5 Å². The Bertz CT molecular complexity index is 796. The predicted molar refractivity (Wildman–Crippen MR) is 98.3 cm³/mol. The highest BCUT2D eigenvalue weighted by Gasteiger charge is 2.22. The van der Waals surface area contributed by atoms with Gasteiger partial charge in [-0.2, -0.15) is 0 Å². The van der Waals surface area contributed by atoms with Crippen molar-refractivity contribution >= 4 is 11.9 Å². The number of ether oxygens (including phenoxy) is 1. The second-order valence-corrected chi connectivity index (χ2v) is 6.67. The Morgan fingerprint density at radius 1 is 1.23 bits per heavy atom. The Kier molecular flexibility index (Phi) is 5.68. The molecule has 0 radical (unpaired) electrons. The molecule has 5 heteroatoms. The van der Waals surface area contributed by atoms with Gasteiger partial charge in [-0.3, -0.25) is 9.59 Å². The minimum absolute atomic E-state index is 0.160. The molecule has 0 aromatic heterocycles. The van der Waals surface area contributed by atoms with Crippen molar-refractivity contribution in [1.29, 1.82) is 0 Å². The summed E-state index contributed by atoms with van der Waals surface area (Å²) in [5.74, 6) is -0.899. The van der Waals surface area contributed by atoms with Crippen molar-refractivity contribution in [2.24, 2.45) is 0 Å². The van der Waals surface area contributed by atoms with Gasteiger partial charge in [0.25, 0.3) is 5.91 Å². The highest BCUT2D eigenvalue weighted by atomic mass is 16.5. The first kappa shape index (κ1) is 18.1. The van der Waals surface area contributed by atoms with Gasteiger partial charge in [0.05, 0.1) is 19.1 Å². The Hall–Kier alpha value is -2.66. The van der Waals surface area contributed by atoms with E-state index in [0.29, 0.717) is 18.1 Å². The lowest BCUT2D eigenvalue weighted by atomic mass is 9.95. The Morgan fingerprint density at radius 3 is 2.73 bits per heavy atom. The number of aryl methyl sites for hydroxylation is 1. The number of hydrogen-bond acceptors (Lipinski definition) is 3. The molecule has 1 aliphatic rings. The summed E-state index contributed by atoms with van der Waals surface area (Å²) in [5, 5.41) is 12.1. The zero-order valence-electron chi connectivity index (χ0n) is 14.8. The number of hydrogen-bond donors (Lipinski definition) is 2. The van der Waals surface area contributed by atoms with E-state index in [1.165, 1.54) is 0 Å². The topological polar surface area (TPSA) is 75.6 Å². The lowest BCUT2D eigenvalue weighted by molar-refractivity contribution is -0.137. The summed E-state index contributed by atoms with van der Waals surface area (Å²) in [6.45, 7) is 3.34. The Labute approximate surface area is 153 Å². The van der Waals surface area contributed by atoms with Gasteiger partial charge < -0.3 is 15.2 Å². The fourth-order valence-electron chi connectivity index (χ4n) is 3.36. The highest BCUT2D eigenvalue weighted by molar-refractivity contribution is 5.95. The third-order valence-corrected chi connectivity index (χ3v) is 4.80. The number of nitrogens with one attached hydrogen (secondary N) is 1. The molecule has 26 heavy (non-hydrogen) atoms. The van der Waals surface area contributed by atoms with Gasteiger partial charge in [-0.25, -0.2) is 0 Å². The van der Waals surface area contributed by atoms with Gasteiger partial charge in [0.15, 0.2) is 0 Å². The van der Waals surface area contributed by atoms with Crippen LogP contribution < -0.4 is 5.32 Å². The number of amides is 1. The van der Waals surface area contributed by atoms with E-state index in [4.69, 9.17) is 4.74 Å². The summed E-state index contributed by atoms with van der Waals surface area (Å²) >= 11 is 0. The van der Waals surface area contributed by atoms with Crippen LogP contribution in [0, 0.1) is 6.92 Å². The highest BCUT2D eigenvalue weighted by Crippen LogP contribution is 2.26. The maximum absolute atomic E-state index is 12.8. The van der Waals surface area contributed by atoms with Crippen LogP contribution in [-0.2, 0) is 9.53 Å². The van der Waals surface area contributed by atoms with Crippen molar-refractivity contribution in [3.05, 3.63) is 70.8 Å². The summed E-state index contributed by atoms with van der Waals surface area (Å²) in [6.07, 6.45) is 0.794. The number of benzene rings is 2. The van der Waals surface area contributed by atoms with Crippen LogP contribution in [-0.4, -0.2) is 30.2 Å². The van der Waals surface area contributed by atoms with Crippen LogP contribution in [0.1, 0.15) is 51.8 Å². The molecule has 0 bridgehead atoms. The molecule has 0 saturated carbocycles. The van der Waals surface area contributed by atoms with Crippen molar-refractivity contribution in [2.45, 2.75) is 31.7 Å². The van der Waals surface area contributed by atoms with E-state index in [1.807, 2.05) is 49.4 Å². The van der Waals surface area contributed by atoms with Gasteiger partial charge in [0.1, 0.15) is 0 Å². The van der Waals surface area contributed by atoms with Crippen LogP contribution >= 0.6 is 0 Å². The van der Waals surface area contributed by atoms with Crippen molar-refractivity contribution in [1.82, 2.24) is 5.32 Å². The van der Waals surface area contributed by atoms with Gasteiger partial charge in [-0.05, 0) is 42.2 Å². The summed E-state index contributed by atoms with van der Waals surface area (Å²) < 4.78 is 5.43. The largest absolute Gasteiger partial charge is 0.481 e. The number of rotatable bonds is 6. The second kappa shape index (κ2) is 8.15. The molecule has 5 nitrogen and oxygen atoms in total. The molecule has 136 valence electrons. The van der Waals surface area contributed by atoms with Gasteiger partial charge in [-0.1, -0.05) is 36.4 Å². The van der Waals surface area contributed by atoms with Crippen LogP contribution in [0.25, 0.3) is 0 Å². The van der Waals surface area contributed by atoms with Crippen LogP contribution in [0.2, 0.25) is 0 Å². The van der Waals surface area contributed by atoms with Crippen LogP contribution in [0.3, 0.4) is 0 Å². The molecule has 1 aliphatic heterocycles. The first-order chi connectivity index (χ1) is 12.5. The van der Waals surface area contributed by atoms with Gasteiger partial charge in [0, 0.05) is 18.1 Å². The normalized spacial score (nSPS) is 17.7. The molecule has 0 aliphatic carbocycles. The summed E-state index contributed by atoms with van der Waals surface area (Å²) in [5.41, 5.74) is 3.40. The Balaban J connectivity index is 1.80. The zero-order chi connectivity index (χ0) is 18.5. The van der Waals surface area contributed by atoms with Gasteiger partial charge in [-0.15, -0.1) is 0 Å². The lowest BCUT2D eigenvalue weighted by Gasteiger charge is -2.20. The predicted octanol–water partition coefficient (Wildman–Crippen LogP) is 3.44. The molecule has 2 aromatic rings. The van der Waals surface area contributed by atoms with Crippen LogP contribution in [0.5, 0.6) is 0 Å². The Morgan fingerprint density at radius 2 is 2.04 bits per heavy atom. The zero-order valence-corrected chi connectivity index (χ0v) is 14.8. The first-order valence-electron chi connectivity index (χ1n) is 8.80. The van der Waals surface area contributed by atoms with E-state index in [-0.39, 0.29) is 12.3 Å². The van der Waals surface area contributed by atoms with E-state index < -0.39 is 12.0 Å². The third kappa shape index (κ3) is 4.29. The summed E-state index contributed by atoms with van der Waals surface area (Å²) in [6, 6.07) is 14.4. The number of aliphatic carboxylic acids is 1. The molecule has 2 atom stereocenters. The smallest absolute Gasteiger partial charge is 0.305 e. The first-order valence-corrected chi connectivity index (χ1v) is 8.80. The maximum atomic E-state index is 12.8. The minimum Gasteiger partial charge on any atom is -0.481 e. The standard InChI is InChI=1S/C21H23NO4/c1-14-5-2-3-8-18(14)19(12-20(23)24)22-21(25)16-7-4-6-15(11-16)17-9-10-26-13-17/h2-8,11,17,19H,9-10,12-13H2,1H3,(H,22,25)(H,23,24). The number of carboxylic acids is 1. The van der Waals surface area contributed by atoms with Crippen molar-refractivity contribution in [3.63, 3.8) is 0 Å². The van der Waals surface area contributed by atoms with Crippen molar-refractivity contribution in [2.75, 3.05) is 13.2 Å². The third-order valence-electron chi connectivity index (χ3n) is 4.80. The van der Waals surface area contributed by atoms with Gasteiger partial charge >= 0.3 is 5.97 Å². The summed E-state index contributed by atoms with van der Waals surface area (Å²) in [7, 11) is 0. The fourth-order valence-corrected chi connectivity index (χ4v) is 3.36. The molecule has 2 aromatic carbocycles. The minimum atomic E-state index is -0.949. The van der Waals surface area contributed by atoms with Crippen molar-refractivity contribution in [3.8, 4) is 0 Å². The average Bonchev–Trinajstić information content (AvgIpc) is 3.16. The SMILES string of the molecule is Cc1ccccc1C(CC(=O)O)NC(=O)c1cccc(C2CCOC2)c1. The lowest BCUT2D eigenvalue weighted by Crippen LogP contribution is -2.30. The maximum Gasteiger partial charge on any atom is 0.305 e. The summed E-state index contributed by atoms with van der Waals surface area (Å²) in [4.78, 5) is 24.0. The molecule has 1 amide bonds. The fraction of sp³-hybridized carbons (Fsp3) is 0.333. The van der Waals surface area contributed by atoms with E-state index in [0.717, 1.165) is 29.7 Å². The molecule has 2 N–H and O–H groups in total. The number of carboxylic acid groups (broad SMARTS) is 1. The second-order valence-electron chi connectivity index (χ2n) is 6.67. The average molecular weight is 353 g/mol. The van der Waals surface area contributed by atoms with E-state index in [1.54, 1.807) is 6.07 Å². The number of carbonyl (C=O) groups excluding carboxylic acids is 1. The van der Waals surface area contributed by atoms with Crippen molar-refractivity contribution < 1.29 is 19.4 Å². The molecular formula is C21H23NO4.